The minimum absolute atomic E-state index is 0.142. The van der Waals surface area contributed by atoms with E-state index in [9.17, 15) is 14.4 Å². The van der Waals surface area contributed by atoms with Crippen LogP contribution in [0.3, 0.4) is 0 Å². The fourth-order valence-electron chi connectivity index (χ4n) is 6.00. The summed E-state index contributed by atoms with van der Waals surface area (Å²) in [6.45, 7) is 5.93. The van der Waals surface area contributed by atoms with Crippen molar-refractivity contribution in [3.8, 4) is 0 Å². The average molecular weight is 418 g/mol. The summed E-state index contributed by atoms with van der Waals surface area (Å²) < 4.78 is 5.28. The molecule has 1 aliphatic heterocycles. The molecular formula is C26H27NO4. The Labute approximate surface area is 182 Å². The Hall–Kier alpha value is -2.95. The first kappa shape index (κ1) is 20.0. The number of likely N-dealkylation sites (tertiary alicyclic amines) is 1. The summed E-state index contributed by atoms with van der Waals surface area (Å²) in [6.07, 6.45) is 0.408. The Morgan fingerprint density at radius 2 is 1.29 bits per heavy atom. The number of nitrogens with zero attached hydrogens (tertiary/aromatic N) is 1. The number of rotatable bonds is 5. The van der Waals surface area contributed by atoms with E-state index in [1.165, 1.54) is 4.90 Å². The van der Waals surface area contributed by atoms with Gasteiger partial charge in [-0.2, -0.15) is 0 Å². The maximum absolute atomic E-state index is 13.8. The van der Waals surface area contributed by atoms with Gasteiger partial charge in [0.1, 0.15) is 6.04 Å². The standard InChI is InChI=1S/C26H27NO4/c1-4-31-26(30)19(13-14(2)3)27-24(28)22-20-15-9-5-6-10-16(15)21(23(22)25(27)29)18-12-8-7-11-17(18)20/h5-12,14,19-23H,4,13H2,1-3H3/t19-,20?,21?,22+,23+/m0/s1. The van der Waals surface area contributed by atoms with E-state index < -0.39 is 23.8 Å². The quantitative estimate of drug-likeness (QED) is 0.548. The number of esters is 1. The minimum Gasteiger partial charge on any atom is -0.464 e. The monoisotopic (exact) mass is 417 g/mol. The lowest BCUT2D eigenvalue weighted by atomic mass is 9.55. The molecule has 0 unspecified atom stereocenters. The fourth-order valence-corrected chi connectivity index (χ4v) is 6.00. The number of carbonyl (C=O) groups is 3. The molecule has 1 heterocycles. The van der Waals surface area contributed by atoms with Crippen molar-refractivity contribution in [1.82, 2.24) is 4.90 Å². The number of hydrogen-bond acceptors (Lipinski definition) is 4. The molecule has 2 amide bonds. The van der Waals surface area contributed by atoms with E-state index >= 15 is 0 Å². The molecule has 2 bridgehead atoms. The number of benzene rings is 2. The maximum Gasteiger partial charge on any atom is 0.329 e. The number of ether oxygens (including phenoxy) is 1. The van der Waals surface area contributed by atoms with Crippen molar-refractivity contribution in [1.29, 1.82) is 0 Å². The van der Waals surface area contributed by atoms with Gasteiger partial charge in [-0.1, -0.05) is 62.4 Å². The third-order valence-corrected chi connectivity index (χ3v) is 7.05. The van der Waals surface area contributed by atoms with Crippen molar-refractivity contribution in [2.45, 2.75) is 45.1 Å². The highest BCUT2D eigenvalue weighted by Crippen LogP contribution is 2.61. The Morgan fingerprint density at radius 3 is 1.65 bits per heavy atom. The topological polar surface area (TPSA) is 63.7 Å². The van der Waals surface area contributed by atoms with E-state index in [1.54, 1.807) is 6.92 Å². The van der Waals surface area contributed by atoms with Crippen molar-refractivity contribution in [3.63, 3.8) is 0 Å². The molecular weight excluding hydrogens is 390 g/mol. The van der Waals surface area contributed by atoms with Gasteiger partial charge in [-0.05, 0) is 41.5 Å². The molecule has 1 saturated heterocycles. The second kappa shape index (κ2) is 7.33. The first-order valence-corrected chi connectivity index (χ1v) is 11.2. The molecule has 3 atom stereocenters. The van der Waals surface area contributed by atoms with Gasteiger partial charge in [-0.3, -0.25) is 14.5 Å². The zero-order valence-electron chi connectivity index (χ0n) is 18.1. The molecule has 4 aliphatic rings. The summed E-state index contributed by atoms with van der Waals surface area (Å²) in [5, 5.41) is 0. The van der Waals surface area contributed by atoms with Crippen molar-refractivity contribution in [2.24, 2.45) is 17.8 Å². The molecule has 0 N–H and O–H groups in total. The van der Waals surface area contributed by atoms with Crippen LogP contribution in [0.1, 0.15) is 61.3 Å². The predicted octanol–water partition coefficient (Wildman–Crippen LogP) is 3.86. The average Bonchev–Trinajstić information content (AvgIpc) is 3.03. The Bertz CT molecular complexity index is 959. The summed E-state index contributed by atoms with van der Waals surface area (Å²) in [4.78, 5) is 41.6. The molecule has 2 aromatic carbocycles. The van der Waals surface area contributed by atoms with Crippen LogP contribution in [0.2, 0.25) is 0 Å². The Morgan fingerprint density at radius 1 is 0.871 bits per heavy atom. The Balaban J connectivity index is 1.64. The van der Waals surface area contributed by atoms with Crippen molar-refractivity contribution in [3.05, 3.63) is 70.8 Å². The van der Waals surface area contributed by atoms with Crippen molar-refractivity contribution < 1.29 is 19.1 Å². The van der Waals surface area contributed by atoms with Crippen LogP contribution in [-0.2, 0) is 19.1 Å². The van der Waals surface area contributed by atoms with Crippen LogP contribution in [0.4, 0.5) is 0 Å². The van der Waals surface area contributed by atoms with Crippen LogP contribution >= 0.6 is 0 Å². The zero-order chi connectivity index (χ0) is 21.9. The first-order chi connectivity index (χ1) is 15.0. The molecule has 160 valence electrons. The molecule has 5 nitrogen and oxygen atoms in total. The van der Waals surface area contributed by atoms with E-state index in [-0.39, 0.29) is 36.2 Å². The molecule has 31 heavy (non-hydrogen) atoms. The number of amides is 2. The lowest BCUT2D eigenvalue weighted by Gasteiger charge is -2.45. The van der Waals surface area contributed by atoms with Crippen molar-refractivity contribution >= 4 is 17.8 Å². The third-order valence-electron chi connectivity index (χ3n) is 7.05. The molecule has 0 spiro atoms. The van der Waals surface area contributed by atoms with E-state index in [0.29, 0.717) is 6.42 Å². The highest BCUT2D eigenvalue weighted by molar-refractivity contribution is 6.10. The molecule has 2 aromatic rings. The molecule has 5 heteroatoms. The van der Waals surface area contributed by atoms with E-state index in [2.05, 4.69) is 24.3 Å². The second-order valence-corrected chi connectivity index (χ2v) is 9.21. The van der Waals surface area contributed by atoms with Crippen LogP contribution < -0.4 is 0 Å². The van der Waals surface area contributed by atoms with Gasteiger partial charge in [-0.15, -0.1) is 0 Å². The molecule has 3 aliphatic carbocycles. The highest BCUT2D eigenvalue weighted by Gasteiger charge is 2.63. The van der Waals surface area contributed by atoms with Gasteiger partial charge in [0.25, 0.3) is 0 Å². The van der Waals surface area contributed by atoms with Crippen LogP contribution in [-0.4, -0.2) is 35.3 Å². The van der Waals surface area contributed by atoms with Gasteiger partial charge >= 0.3 is 5.97 Å². The van der Waals surface area contributed by atoms with Gasteiger partial charge in [0.2, 0.25) is 11.8 Å². The Kier molecular flexibility index (Phi) is 4.72. The second-order valence-electron chi connectivity index (χ2n) is 9.21. The summed E-state index contributed by atoms with van der Waals surface area (Å²) >= 11 is 0. The number of carbonyl (C=O) groups excluding carboxylic acids is 3. The predicted molar refractivity (Wildman–Crippen MR) is 115 cm³/mol. The molecule has 0 saturated carbocycles. The van der Waals surface area contributed by atoms with Gasteiger partial charge < -0.3 is 4.74 Å². The first-order valence-electron chi connectivity index (χ1n) is 11.2. The van der Waals surface area contributed by atoms with E-state index in [0.717, 1.165) is 22.3 Å². The lowest BCUT2D eigenvalue weighted by molar-refractivity contribution is -0.159. The molecule has 0 aromatic heterocycles. The largest absolute Gasteiger partial charge is 0.464 e. The molecule has 0 radical (unpaired) electrons. The van der Waals surface area contributed by atoms with Gasteiger partial charge in [-0.25, -0.2) is 4.79 Å². The summed E-state index contributed by atoms with van der Waals surface area (Å²) in [5.41, 5.74) is 4.53. The van der Waals surface area contributed by atoms with Crippen LogP contribution in [0, 0.1) is 17.8 Å². The molecule has 6 rings (SSSR count). The van der Waals surface area contributed by atoms with E-state index in [1.807, 2.05) is 38.1 Å². The SMILES string of the molecule is CCOC(=O)[C@H](CC(C)C)N1C(=O)[C@@H]2C3c4ccccc4C(c4ccccc43)[C@H]2C1=O. The fraction of sp³-hybridized carbons (Fsp3) is 0.423. The lowest BCUT2D eigenvalue weighted by Crippen LogP contribution is -2.47. The maximum atomic E-state index is 13.8. The summed E-state index contributed by atoms with van der Waals surface area (Å²) in [5.74, 6) is -2.06. The van der Waals surface area contributed by atoms with Crippen molar-refractivity contribution in [2.75, 3.05) is 6.61 Å². The van der Waals surface area contributed by atoms with Gasteiger partial charge in [0.05, 0.1) is 18.4 Å². The normalized spacial score (nSPS) is 26.5. The van der Waals surface area contributed by atoms with Gasteiger partial charge in [0, 0.05) is 11.8 Å². The number of imide groups is 1. The van der Waals surface area contributed by atoms with E-state index in [4.69, 9.17) is 4.74 Å². The zero-order valence-corrected chi connectivity index (χ0v) is 18.1. The minimum atomic E-state index is -0.865. The highest BCUT2D eigenvalue weighted by atomic mass is 16.5. The van der Waals surface area contributed by atoms with Crippen LogP contribution in [0.5, 0.6) is 0 Å². The van der Waals surface area contributed by atoms with Gasteiger partial charge in [0.15, 0.2) is 0 Å². The van der Waals surface area contributed by atoms with Crippen LogP contribution in [0.25, 0.3) is 0 Å². The summed E-state index contributed by atoms with van der Waals surface area (Å²) in [7, 11) is 0. The number of hydrogen-bond donors (Lipinski definition) is 0. The smallest absolute Gasteiger partial charge is 0.329 e. The van der Waals surface area contributed by atoms with Crippen LogP contribution in [0.15, 0.2) is 48.5 Å². The summed E-state index contributed by atoms with van der Waals surface area (Å²) in [6, 6.07) is 15.4. The third kappa shape index (κ3) is 2.79. The molecule has 1 fully saturated rings.